The summed E-state index contributed by atoms with van der Waals surface area (Å²) in [6.45, 7) is 0.393. The lowest BCUT2D eigenvalue weighted by Crippen LogP contribution is -2.03. The highest BCUT2D eigenvalue weighted by atomic mass is 16.5. The van der Waals surface area contributed by atoms with Crippen molar-refractivity contribution in [3.63, 3.8) is 0 Å². The van der Waals surface area contributed by atoms with Gasteiger partial charge in [0, 0.05) is 37.2 Å². The predicted octanol–water partition coefficient (Wildman–Crippen LogP) is 1.78. The van der Waals surface area contributed by atoms with Gasteiger partial charge in [-0.15, -0.1) is 0 Å². The van der Waals surface area contributed by atoms with Crippen molar-refractivity contribution in [1.29, 1.82) is 5.26 Å². The molecule has 1 N–H and O–H groups in total. The largest absolute Gasteiger partial charge is 0.477 e. The number of aromatic nitrogens is 2. The molecule has 0 saturated carbocycles. The van der Waals surface area contributed by atoms with Crippen molar-refractivity contribution in [2.24, 2.45) is 0 Å². The normalized spacial score (nSPS) is 9.89. The van der Waals surface area contributed by atoms with Gasteiger partial charge in [0.05, 0.1) is 6.61 Å². The van der Waals surface area contributed by atoms with Crippen molar-refractivity contribution in [1.82, 2.24) is 9.97 Å². The molecule has 0 radical (unpaired) electrons. The maximum absolute atomic E-state index is 9.11. The first-order chi connectivity index (χ1) is 9.35. The number of ether oxygens (including phenoxy) is 1. The van der Waals surface area contributed by atoms with E-state index in [0.29, 0.717) is 24.5 Å². The third kappa shape index (κ3) is 3.27. The van der Waals surface area contributed by atoms with Crippen molar-refractivity contribution in [2.75, 3.05) is 13.2 Å². The number of nitrogens with zero attached hydrogens (tertiary/aromatic N) is 3. The van der Waals surface area contributed by atoms with E-state index in [9.17, 15) is 0 Å². The zero-order valence-corrected chi connectivity index (χ0v) is 10.3. The fourth-order valence-electron chi connectivity index (χ4n) is 1.58. The molecular weight excluding hydrogens is 242 g/mol. The minimum atomic E-state index is 0.0526. The van der Waals surface area contributed by atoms with Gasteiger partial charge >= 0.3 is 0 Å². The summed E-state index contributed by atoms with van der Waals surface area (Å²) in [5.74, 6) is 0.300. The zero-order chi connectivity index (χ0) is 13.5. The minimum Gasteiger partial charge on any atom is -0.477 e. The molecule has 0 unspecified atom stereocenters. The van der Waals surface area contributed by atoms with Crippen LogP contribution in [0.5, 0.6) is 5.88 Å². The molecular formula is C14H13N3O2. The molecule has 5 nitrogen and oxygen atoms in total. The van der Waals surface area contributed by atoms with Gasteiger partial charge in [-0.3, -0.25) is 4.98 Å². The first-order valence-electron chi connectivity index (χ1n) is 5.89. The molecule has 0 aliphatic heterocycles. The van der Waals surface area contributed by atoms with E-state index in [1.54, 1.807) is 24.7 Å². The summed E-state index contributed by atoms with van der Waals surface area (Å²) in [7, 11) is 0. The van der Waals surface area contributed by atoms with Gasteiger partial charge in [-0.25, -0.2) is 4.98 Å². The van der Waals surface area contributed by atoms with Crippen LogP contribution in [0.1, 0.15) is 12.0 Å². The van der Waals surface area contributed by atoms with Crippen molar-refractivity contribution in [3.8, 4) is 23.1 Å². The molecule has 2 aromatic heterocycles. The number of aliphatic hydroxyl groups is 1. The highest BCUT2D eigenvalue weighted by Crippen LogP contribution is 2.23. The maximum Gasteiger partial charge on any atom is 0.231 e. The predicted molar refractivity (Wildman–Crippen MR) is 69.4 cm³/mol. The summed E-state index contributed by atoms with van der Waals surface area (Å²) < 4.78 is 5.35. The molecule has 0 bridgehead atoms. The zero-order valence-electron chi connectivity index (χ0n) is 10.3. The van der Waals surface area contributed by atoms with Crippen LogP contribution in [-0.4, -0.2) is 28.3 Å². The maximum atomic E-state index is 9.11. The molecule has 0 aliphatic rings. The van der Waals surface area contributed by atoms with Crippen LogP contribution < -0.4 is 4.74 Å². The topological polar surface area (TPSA) is 79.0 Å². The van der Waals surface area contributed by atoms with Gasteiger partial charge in [0.15, 0.2) is 0 Å². The molecule has 2 aromatic rings. The second-order valence-electron chi connectivity index (χ2n) is 3.85. The van der Waals surface area contributed by atoms with E-state index in [0.717, 1.165) is 11.1 Å². The Morgan fingerprint density at radius 3 is 2.74 bits per heavy atom. The first-order valence-corrected chi connectivity index (χ1v) is 5.89. The molecule has 0 aromatic carbocycles. The molecule has 0 saturated heterocycles. The highest BCUT2D eigenvalue weighted by molar-refractivity contribution is 5.64. The summed E-state index contributed by atoms with van der Waals surface area (Å²) in [5, 5.41) is 17.8. The fourth-order valence-corrected chi connectivity index (χ4v) is 1.58. The van der Waals surface area contributed by atoms with E-state index in [1.807, 2.05) is 12.1 Å². The van der Waals surface area contributed by atoms with Gasteiger partial charge in [-0.1, -0.05) is 0 Å². The summed E-state index contributed by atoms with van der Waals surface area (Å²) in [6, 6.07) is 7.50. The van der Waals surface area contributed by atoms with Gasteiger partial charge in [-0.2, -0.15) is 5.26 Å². The number of aliphatic hydroxyl groups excluding tert-OH is 1. The van der Waals surface area contributed by atoms with Crippen molar-refractivity contribution < 1.29 is 9.84 Å². The molecule has 0 fully saturated rings. The summed E-state index contributed by atoms with van der Waals surface area (Å²) in [5.41, 5.74) is 2.17. The number of rotatable bonds is 5. The second kappa shape index (κ2) is 6.47. The Hall–Kier alpha value is -2.45. The van der Waals surface area contributed by atoms with E-state index in [1.165, 1.54) is 0 Å². The van der Waals surface area contributed by atoms with Gasteiger partial charge in [0.1, 0.15) is 11.6 Å². The van der Waals surface area contributed by atoms with Crippen LogP contribution in [0, 0.1) is 11.3 Å². The van der Waals surface area contributed by atoms with Crippen LogP contribution in [0.2, 0.25) is 0 Å². The summed E-state index contributed by atoms with van der Waals surface area (Å²) >= 11 is 0. The van der Waals surface area contributed by atoms with E-state index >= 15 is 0 Å². The Morgan fingerprint density at radius 2 is 2.05 bits per heavy atom. The van der Waals surface area contributed by atoms with Gasteiger partial charge in [-0.05, 0) is 23.8 Å². The summed E-state index contributed by atoms with van der Waals surface area (Å²) in [6.07, 6.45) is 5.54. The van der Waals surface area contributed by atoms with Gasteiger partial charge < -0.3 is 9.84 Å². The van der Waals surface area contributed by atoms with Crippen LogP contribution in [-0.2, 0) is 0 Å². The average Bonchev–Trinajstić information content (AvgIpc) is 2.48. The van der Waals surface area contributed by atoms with Crippen molar-refractivity contribution in [3.05, 3.63) is 42.4 Å². The van der Waals surface area contributed by atoms with Crippen LogP contribution in [0.15, 0.2) is 36.8 Å². The lowest BCUT2D eigenvalue weighted by molar-refractivity contribution is 0.229. The molecule has 2 rings (SSSR count). The molecule has 0 atom stereocenters. The standard InChI is InChI=1S/C14H13N3O2/c15-9-12-8-13(11-2-4-16-5-3-11)10-17-14(12)19-7-1-6-18/h2-5,8,10,18H,1,6-7H2. The van der Waals surface area contributed by atoms with Crippen LogP contribution in [0.4, 0.5) is 0 Å². The lowest BCUT2D eigenvalue weighted by atomic mass is 10.1. The third-order valence-electron chi connectivity index (χ3n) is 2.53. The van der Waals surface area contributed by atoms with Crippen LogP contribution in [0.3, 0.4) is 0 Å². The quantitative estimate of drug-likeness (QED) is 0.824. The Kier molecular flexibility index (Phi) is 4.43. The average molecular weight is 255 g/mol. The Labute approximate surface area is 111 Å². The monoisotopic (exact) mass is 255 g/mol. The van der Waals surface area contributed by atoms with Crippen molar-refractivity contribution >= 4 is 0 Å². The van der Waals surface area contributed by atoms with Crippen LogP contribution >= 0.6 is 0 Å². The van der Waals surface area contributed by atoms with E-state index < -0.39 is 0 Å². The number of hydrogen-bond acceptors (Lipinski definition) is 5. The molecule has 0 aliphatic carbocycles. The third-order valence-corrected chi connectivity index (χ3v) is 2.53. The SMILES string of the molecule is N#Cc1cc(-c2ccncc2)cnc1OCCCO. The number of pyridine rings is 2. The number of hydrogen-bond donors (Lipinski definition) is 1. The molecule has 96 valence electrons. The Morgan fingerprint density at radius 1 is 1.26 bits per heavy atom. The lowest BCUT2D eigenvalue weighted by Gasteiger charge is -2.07. The summed E-state index contributed by atoms with van der Waals surface area (Å²) in [4.78, 5) is 8.10. The molecule has 2 heterocycles. The highest BCUT2D eigenvalue weighted by Gasteiger charge is 2.07. The first kappa shape index (κ1) is 13.0. The smallest absolute Gasteiger partial charge is 0.231 e. The van der Waals surface area contributed by atoms with E-state index in [4.69, 9.17) is 15.1 Å². The molecule has 0 amide bonds. The molecule has 0 spiro atoms. The van der Waals surface area contributed by atoms with Crippen LogP contribution in [0.25, 0.3) is 11.1 Å². The minimum absolute atomic E-state index is 0.0526. The van der Waals surface area contributed by atoms with E-state index in [-0.39, 0.29) is 6.61 Å². The Bertz CT molecular complexity index is 579. The fraction of sp³-hybridized carbons (Fsp3) is 0.214. The van der Waals surface area contributed by atoms with Gasteiger partial charge in [0.25, 0.3) is 0 Å². The van der Waals surface area contributed by atoms with Crippen molar-refractivity contribution in [2.45, 2.75) is 6.42 Å². The van der Waals surface area contributed by atoms with Gasteiger partial charge in [0.2, 0.25) is 5.88 Å². The Balaban J connectivity index is 2.24. The van der Waals surface area contributed by atoms with E-state index in [2.05, 4.69) is 16.0 Å². The molecule has 19 heavy (non-hydrogen) atoms. The molecule has 5 heteroatoms. The second-order valence-corrected chi connectivity index (χ2v) is 3.85. The number of nitriles is 1.